The molecule has 17 heavy (non-hydrogen) atoms. The normalized spacial score (nSPS) is 9.94. The third kappa shape index (κ3) is 5.29. The van der Waals surface area contributed by atoms with Gasteiger partial charge in [0.05, 0.1) is 13.7 Å². The summed E-state index contributed by atoms with van der Waals surface area (Å²) in [4.78, 5) is 0. The maximum atomic E-state index is 5.67. The van der Waals surface area contributed by atoms with Crippen LogP contribution in [0.4, 0.5) is 0 Å². The van der Waals surface area contributed by atoms with Gasteiger partial charge in [0.15, 0.2) is 11.5 Å². The minimum absolute atomic E-state index is 0. The molecule has 1 rings (SSSR count). The number of methoxy groups -OCH3 is 1. The second-order valence-electron chi connectivity index (χ2n) is 4.22. The molecule has 4 heteroatoms. The lowest BCUT2D eigenvalue weighted by Gasteiger charge is -2.12. The zero-order valence-corrected chi connectivity index (χ0v) is 11.5. The number of nitrogens with two attached hydrogens (primary N) is 1. The second-order valence-corrected chi connectivity index (χ2v) is 4.22. The molecule has 2 N–H and O–H groups in total. The topological polar surface area (TPSA) is 44.5 Å². The summed E-state index contributed by atoms with van der Waals surface area (Å²) in [5.74, 6) is 2.20. The van der Waals surface area contributed by atoms with Crippen LogP contribution < -0.4 is 15.2 Å². The molecule has 1 aromatic rings. The summed E-state index contributed by atoms with van der Waals surface area (Å²) in [7, 11) is 1.64. The highest BCUT2D eigenvalue weighted by atomic mass is 35.5. The highest BCUT2D eigenvalue weighted by Crippen LogP contribution is 2.28. The predicted molar refractivity (Wildman–Crippen MR) is 73.1 cm³/mol. The van der Waals surface area contributed by atoms with Crippen molar-refractivity contribution in [1.29, 1.82) is 0 Å². The maximum absolute atomic E-state index is 5.67. The van der Waals surface area contributed by atoms with E-state index >= 15 is 0 Å². The molecule has 0 saturated carbocycles. The van der Waals surface area contributed by atoms with E-state index in [1.807, 2.05) is 18.2 Å². The third-order valence-corrected chi connectivity index (χ3v) is 2.42. The van der Waals surface area contributed by atoms with Crippen molar-refractivity contribution in [2.75, 3.05) is 13.7 Å². The van der Waals surface area contributed by atoms with Crippen molar-refractivity contribution in [2.45, 2.75) is 26.8 Å². The van der Waals surface area contributed by atoms with Gasteiger partial charge in [-0.05, 0) is 30.0 Å². The Morgan fingerprint density at radius 2 is 1.94 bits per heavy atom. The van der Waals surface area contributed by atoms with E-state index < -0.39 is 0 Å². The zero-order valence-electron chi connectivity index (χ0n) is 10.7. The molecule has 0 fully saturated rings. The molecular weight excluding hydrogens is 238 g/mol. The lowest BCUT2D eigenvalue weighted by Crippen LogP contribution is -2.03. The number of halogens is 1. The lowest BCUT2D eigenvalue weighted by molar-refractivity contribution is 0.273. The summed E-state index contributed by atoms with van der Waals surface area (Å²) < 4.78 is 10.9. The fraction of sp³-hybridized carbons (Fsp3) is 0.538. The minimum Gasteiger partial charge on any atom is -0.493 e. The minimum atomic E-state index is 0. The first kappa shape index (κ1) is 16.1. The molecule has 3 nitrogen and oxygen atoms in total. The Morgan fingerprint density at radius 1 is 1.24 bits per heavy atom. The fourth-order valence-corrected chi connectivity index (χ4v) is 1.36. The van der Waals surface area contributed by atoms with Crippen molar-refractivity contribution >= 4 is 12.4 Å². The molecule has 0 amide bonds. The van der Waals surface area contributed by atoms with Crippen LogP contribution in [-0.4, -0.2) is 13.7 Å². The summed E-state index contributed by atoms with van der Waals surface area (Å²) in [5.41, 5.74) is 6.62. The summed E-state index contributed by atoms with van der Waals surface area (Å²) in [6.45, 7) is 5.59. The molecule has 0 bridgehead atoms. The van der Waals surface area contributed by atoms with Crippen molar-refractivity contribution in [2.24, 2.45) is 11.7 Å². The third-order valence-electron chi connectivity index (χ3n) is 2.42. The van der Waals surface area contributed by atoms with Crippen LogP contribution in [0.5, 0.6) is 11.5 Å². The highest BCUT2D eigenvalue weighted by molar-refractivity contribution is 5.85. The first-order valence-corrected chi connectivity index (χ1v) is 5.67. The van der Waals surface area contributed by atoms with Gasteiger partial charge in [0.2, 0.25) is 0 Å². The predicted octanol–water partition coefficient (Wildman–Crippen LogP) is 3.00. The van der Waals surface area contributed by atoms with Gasteiger partial charge in [0.25, 0.3) is 0 Å². The quantitative estimate of drug-likeness (QED) is 0.854. The van der Waals surface area contributed by atoms with Crippen molar-refractivity contribution < 1.29 is 9.47 Å². The van der Waals surface area contributed by atoms with E-state index in [0.717, 1.165) is 30.1 Å². The maximum Gasteiger partial charge on any atom is 0.161 e. The van der Waals surface area contributed by atoms with Gasteiger partial charge >= 0.3 is 0 Å². The van der Waals surface area contributed by atoms with Gasteiger partial charge < -0.3 is 15.2 Å². The standard InChI is InChI=1S/C13H21NO2.ClH/c1-10(2)6-7-16-12-5-4-11(9-14)8-13(12)15-3;/h4-5,8,10H,6-7,9,14H2,1-3H3;1H. The molecular formula is C13H22ClNO2. The molecule has 0 atom stereocenters. The highest BCUT2D eigenvalue weighted by Gasteiger charge is 2.05. The number of ether oxygens (including phenoxy) is 2. The van der Waals surface area contributed by atoms with Crippen LogP contribution in [0.15, 0.2) is 18.2 Å². The lowest BCUT2D eigenvalue weighted by atomic mass is 10.1. The average Bonchev–Trinajstić information content (AvgIpc) is 2.29. The van der Waals surface area contributed by atoms with E-state index in [1.165, 1.54) is 0 Å². The van der Waals surface area contributed by atoms with Crippen LogP contribution in [0.25, 0.3) is 0 Å². The van der Waals surface area contributed by atoms with E-state index in [-0.39, 0.29) is 12.4 Å². The summed E-state index contributed by atoms with van der Waals surface area (Å²) in [6, 6.07) is 5.80. The van der Waals surface area contributed by atoms with Crippen LogP contribution >= 0.6 is 12.4 Å². The molecule has 98 valence electrons. The van der Waals surface area contributed by atoms with Gasteiger partial charge in [-0.15, -0.1) is 12.4 Å². The van der Waals surface area contributed by atoms with Gasteiger partial charge in [-0.25, -0.2) is 0 Å². The largest absolute Gasteiger partial charge is 0.493 e. The van der Waals surface area contributed by atoms with Crippen LogP contribution in [0, 0.1) is 5.92 Å². The fourth-order valence-electron chi connectivity index (χ4n) is 1.36. The monoisotopic (exact) mass is 259 g/mol. The van der Waals surface area contributed by atoms with Crippen LogP contribution in [-0.2, 0) is 6.54 Å². The van der Waals surface area contributed by atoms with E-state index in [0.29, 0.717) is 12.5 Å². The number of hydrogen-bond acceptors (Lipinski definition) is 3. The molecule has 0 radical (unpaired) electrons. The number of rotatable bonds is 6. The van der Waals surface area contributed by atoms with Gasteiger partial charge in [0.1, 0.15) is 0 Å². The van der Waals surface area contributed by atoms with Crippen LogP contribution in [0.3, 0.4) is 0 Å². The summed E-state index contributed by atoms with van der Waals surface area (Å²) in [6.07, 6.45) is 1.04. The van der Waals surface area contributed by atoms with Crippen LogP contribution in [0.2, 0.25) is 0 Å². The smallest absolute Gasteiger partial charge is 0.161 e. The second kappa shape index (κ2) is 8.20. The molecule has 0 aliphatic carbocycles. The van der Waals surface area contributed by atoms with E-state index in [9.17, 15) is 0 Å². The molecule has 0 unspecified atom stereocenters. The molecule has 0 aliphatic heterocycles. The Bertz CT molecular complexity index is 329. The van der Waals surface area contributed by atoms with Crippen molar-refractivity contribution in [3.63, 3.8) is 0 Å². The van der Waals surface area contributed by atoms with Crippen molar-refractivity contribution in [3.8, 4) is 11.5 Å². The number of benzene rings is 1. The van der Waals surface area contributed by atoms with E-state index in [4.69, 9.17) is 15.2 Å². The van der Waals surface area contributed by atoms with Gasteiger partial charge in [-0.3, -0.25) is 0 Å². The first-order valence-electron chi connectivity index (χ1n) is 5.67. The first-order chi connectivity index (χ1) is 7.67. The Hall–Kier alpha value is -0.930. The summed E-state index contributed by atoms with van der Waals surface area (Å²) in [5, 5.41) is 0. The average molecular weight is 260 g/mol. The van der Waals surface area contributed by atoms with E-state index in [1.54, 1.807) is 7.11 Å². The van der Waals surface area contributed by atoms with Crippen molar-refractivity contribution in [1.82, 2.24) is 0 Å². The molecule has 0 aliphatic rings. The molecule has 0 aromatic heterocycles. The van der Waals surface area contributed by atoms with Gasteiger partial charge in [-0.1, -0.05) is 19.9 Å². The Morgan fingerprint density at radius 3 is 2.47 bits per heavy atom. The Balaban J connectivity index is 0.00000256. The summed E-state index contributed by atoms with van der Waals surface area (Å²) >= 11 is 0. The van der Waals surface area contributed by atoms with E-state index in [2.05, 4.69) is 13.8 Å². The van der Waals surface area contributed by atoms with Crippen LogP contribution in [0.1, 0.15) is 25.8 Å². The van der Waals surface area contributed by atoms with Gasteiger partial charge in [0, 0.05) is 6.54 Å². The molecule has 0 heterocycles. The molecule has 0 saturated heterocycles. The van der Waals surface area contributed by atoms with Gasteiger partial charge in [-0.2, -0.15) is 0 Å². The SMILES string of the molecule is COc1cc(CN)ccc1OCCC(C)C.Cl. The van der Waals surface area contributed by atoms with Crippen molar-refractivity contribution in [3.05, 3.63) is 23.8 Å². The molecule has 1 aromatic carbocycles. The molecule has 0 spiro atoms. The Labute approximate surface area is 110 Å². The number of hydrogen-bond donors (Lipinski definition) is 1. The Kier molecular flexibility index (Phi) is 7.75. The zero-order chi connectivity index (χ0) is 12.0.